The Hall–Kier alpha value is -3.09. The average molecular weight is 572 g/mol. The topological polar surface area (TPSA) is 94.8 Å². The fourth-order valence-electron chi connectivity index (χ4n) is 4.61. The molecular weight excluding hydrogens is 543 g/mol. The van der Waals surface area contributed by atoms with Crippen molar-refractivity contribution in [3.63, 3.8) is 0 Å². The van der Waals surface area contributed by atoms with Gasteiger partial charge in [-0.05, 0) is 59.9 Å². The molecule has 1 saturated heterocycles. The van der Waals surface area contributed by atoms with Crippen molar-refractivity contribution in [3.05, 3.63) is 87.9 Å². The predicted octanol–water partition coefficient (Wildman–Crippen LogP) is 5.94. The fraction of sp³-hybridized carbons (Fsp3) is 0.286. The number of hydrogen-bond acceptors (Lipinski definition) is 5. The number of nitriles is 1. The minimum Gasteiger partial charge on any atom is -0.464 e. The number of aliphatic imine (C=N–C) groups is 1. The standard InChI is InChI=1S/C28H28Cl2N4O3S/c1-32-27(33-24-10-11-25(29)26(30)17-24)37-19-28(12-14-34(15-13-28)38(2,35)36)23-8-6-21(7-9-23)22-5-3-4-20(16-22)18-31/h3-11,16-17H,12-15,19H2,1-2H3,(H,32,33). The van der Waals surface area contributed by atoms with Crippen molar-refractivity contribution >= 4 is 44.9 Å². The molecule has 0 aromatic heterocycles. The minimum absolute atomic E-state index is 0.300. The summed E-state index contributed by atoms with van der Waals surface area (Å²) in [7, 11) is -1.66. The van der Waals surface area contributed by atoms with Gasteiger partial charge in [0, 0.05) is 31.2 Å². The summed E-state index contributed by atoms with van der Waals surface area (Å²) in [5, 5.41) is 13.2. The molecule has 1 aliphatic heterocycles. The first-order valence-electron chi connectivity index (χ1n) is 12.0. The van der Waals surface area contributed by atoms with Crippen LogP contribution in [0, 0.1) is 11.3 Å². The molecule has 3 aromatic carbocycles. The summed E-state index contributed by atoms with van der Waals surface area (Å²) < 4.78 is 32.1. The summed E-state index contributed by atoms with van der Waals surface area (Å²) in [6, 6.07) is 23.3. The monoisotopic (exact) mass is 570 g/mol. The van der Waals surface area contributed by atoms with Crippen LogP contribution in [0.2, 0.25) is 10.0 Å². The van der Waals surface area contributed by atoms with Gasteiger partial charge in [0.25, 0.3) is 6.02 Å². The lowest BCUT2D eigenvalue weighted by Crippen LogP contribution is -2.47. The van der Waals surface area contributed by atoms with Crippen LogP contribution >= 0.6 is 23.2 Å². The highest BCUT2D eigenvalue weighted by Gasteiger charge is 2.39. The third-order valence-corrected chi connectivity index (χ3v) is 8.87. The molecule has 4 rings (SSSR count). The number of sulfonamides is 1. The molecule has 7 nitrogen and oxygen atoms in total. The van der Waals surface area contributed by atoms with Crippen LogP contribution in [0.5, 0.6) is 0 Å². The van der Waals surface area contributed by atoms with Gasteiger partial charge in [-0.3, -0.25) is 0 Å². The van der Waals surface area contributed by atoms with E-state index in [0.29, 0.717) is 59.9 Å². The van der Waals surface area contributed by atoms with Gasteiger partial charge in [-0.15, -0.1) is 0 Å². The third-order valence-electron chi connectivity index (χ3n) is 6.83. The molecule has 0 aliphatic carbocycles. The summed E-state index contributed by atoms with van der Waals surface area (Å²) in [6.45, 7) is 1.09. The van der Waals surface area contributed by atoms with Crippen LogP contribution < -0.4 is 5.32 Å². The minimum atomic E-state index is -3.29. The van der Waals surface area contributed by atoms with Gasteiger partial charge in [0.15, 0.2) is 0 Å². The highest BCUT2D eigenvalue weighted by molar-refractivity contribution is 7.88. The van der Waals surface area contributed by atoms with Crippen LogP contribution in [-0.2, 0) is 20.2 Å². The van der Waals surface area contributed by atoms with Gasteiger partial charge >= 0.3 is 0 Å². The predicted molar refractivity (Wildman–Crippen MR) is 153 cm³/mol. The maximum Gasteiger partial charge on any atom is 0.288 e. The second-order valence-corrected chi connectivity index (χ2v) is 12.1. The quantitative estimate of drug-likeness (QED) is 0.292. The van der Waals surface area contributed by atoms with Crippen molar-refractivity contribution in [1.29, 1.82) is 5.26 Å². The molecule has 3 aromatic rings. The number of amidine groups is 1. The molecule has 0 atom stereocenters. The first-order chi connectivity index (χ1) is 18.1. The Kier molecular flexibility index (Phi) is 8.64. The number of halogens is 2. The maximum absolute atomic E-state index is 12.2. The molecule has 1 N–H and O–H groups in total. The third kappa shape index (κ3) is 6.48. The second kappa shape index (κ2) is 11.7. The molecule has 0 bridgehead atoms. The van der Waals surface area contributed by atoms with E-state index in [9.17, 15) is 13.7 Å². The average Bonchev–Trinajstić information content (AvgIpc) is 2.92. The lowest BCUT2D eigenvalue weighted by atomic mass is 9.73. The Labute approximate surface area is 233 Å². The van der Waals surface area contributed by atoms with Crippen molar-refractivity contribution < 1.29 is 13.2 Å². The Bertz CT molecular complexity index is 1480. The van der Waals surface area contributed by atoms with E-state index in [1.807, 2.05) is 30.3 Å². The number of rotatable bonds is 6. The number of ether oxygens (including phenoxy) is 1. The number of nitrogens with one attached hydrogen (secondary N) is 1. The lowest BCUT2D eigenvalue weighted by molar-refractivity contribution is 0.141. The first kappa shape index (κ1) is 27.9. The van der Waals surface area contributed by atoms with E-state index in [0.717, 1.165) is 16.7 Å². The Balaban J connectivity index is 1.58. The zero-order valence-electron chi connectivity index (χ0n) is 21.1. The zero-order valence-corrected chi connectivity index (χ0v) is 23.4. The van der Waals surface area contributed by atoms with Gasteiger partial charge in [0.1, 0.15) is 6.61 Å². The van der Waals surface area contributed by atoms with Crippen molar-refractivity contribution in [2.45, 2.75) is 18.3 Å². The summed E-state index contributed by atoms with van der Waals surface area (Å²) in [6.07, 6.45) is 2.42. The molecule has 0 saturated carbocycles. The van der Waals surface area contributed by atoms with E-state index in [-0.39, 0.29) is 0 Å². The molecule has 198 valence electrons. The van der Waals surface area contributed by atoms with Crippen LogP contribution in [0.4, 0.5) is 5.69 Å². The van der Waals surface area contributed by atoms with Gasteiger partial charge < -0.3 is 10.1 Å². The largest absolute Gasteiger partial charge is 0.464 e. The van der Waals surface area contributed by atoms with Gasteiger partial charge in [-0.25, -0.2) is 17.7 Å². The molecular formula is C28H28Cl2N4O3S. The summed E-state index contributed by atoms with van der Waals surface area (Å²) in [5.41, 5.74) is 3.86. The van der Waals surface area contributed by atoms with Crippen molar-refractivity contribution in [2.24, 2.45) is 4.99 Å². The number of anilines is 1. The summed E-state index contributed by atoms with van der Waals surface area (Å²) >= 11 is 12.2. The highest BCUT2D eigenvalue weighted by Crippen LogP contribution is 2.38. The number of nitrogens with zero attached hydrogens (tertiary/aromatic N) is 3. The molecule has 38 heavy (non-hydrogen) atoms. The Morgan fingerprint density at radius 1 is 1.05 bits per heavy atom. The number of piperidine rings is 1. The summed E-state index contributed by atoms with van der Waals surface area (Å²) in [4.78, 5) is 4.24. The molecule has 1 fully saturated rings. The second-order valence-electron chi connectivity index (χ2n) is 9.28. The smallest absolute Gasteiger partial charge is 0.288 e. The Morgan fingerprint density at radius 3 is 2.37 bits per heavy atom. The van der Waals surface area contributed by atoms with E-state index in [4.69, 9.17) is 27.9 Å². The van der Waals surface area contributed by atoms with Crippen molar-refractivity contribution in [1.82, 2.24) is 4.31 Å². The zero-order chi connectivity index (χ0) is 27.3. The molecule has 10 heteroatoms. The van der Waals surface area contributed by atoms with Gasteiger partial charge in [-0.2, -0.15) is 5.26 Å². The van der Waals surface area contributed by atoms with Crippen molar-refractivity contribution in [2.75, 3.05) is 38.3 Å². The normalized spacial score (nSPS) is 16.0. The van der Waals surface area contributed by atoms with Crippen LogP contribution in [0.3, 0.4) is 0 Å². The van der Waals surface area contributed by atoms with E-state index in [1.54, 1.807) is 31.3 Å². The van der Waals surface area contributed by atoms with E-state index in [1.165, 1.54) is 10.6 Å². The van der Waals surface area contributed by atoms with Crippen LogP contribution in [0.25, 0.3) is 11.1 Å². The number of hydrogen-bond donors (Lipinski definition) is 1. The van der Waals surface area contributed by atoms with Gasteiger partial charge in [0.05, 0.1) is 27.9 Å². The molecule has 0 radical (unpaired) electrons. The van der Waals surface area contributed by atoms with Gasteiger partial charge in [0.2, 0.25) is 10.0 Å². The maximum atomic E-state index is 12.2. The van der Waals surface area contributed by atoms with E-state index >= 15 is 0 Å². The molecule has 0 amide bonds. The van der Waals surface area contributed by atoms with E-state index in [2.05, 4.69) is 28.5 Å². The van der Waals surface area contributed by atoms with E-state index < -0.39 is 15.4 Å². The lowest BCUT2D eigenvalue weighted by Gasteiger charge is -2.41. The first-order valence-corrected chi connectivity index (χ1v) is 14.6. The van der Waals surface area contributed by atoms with Crippen LogP contribution in [0.15, 0.2) is 71.7 Å². The fourth-order valence-corrected chi connectivity index (χ4v) is 5.75. The van der Waals surface area contributed by atoms with Gasteiger partial charge in [-0.1, -0.05) is 59.6 Å². The van der Waals surface area contributed by atoms with Crippen molar-refractivity contribution in [3.8, 4) is 17.2 Å². The SMILES string of the molecule is CN=C(Nc1ccc(Cl)c(Cl)c1)OCC1(c2ccc(-c3cccc(C#N)c3)cc2)CCN(S(C)(=O)=O)CC1. The van der Waals surface area contributed by atoms with Crippen LogP contribution in [-0.4, -0.2) is 51.7 Å². The highest BCUT2D eigenvalue weighted by atomic mass is 35.5. The molecule has 0 unspecified atom stereocenters. The Morgan fingerprint density at radius 2 is 1.76 bits per heavy atom. The summed E-state index contributed by atoms with van der Waals surface area (Å²) in [5.74, 6) is 0. The molecule has 1 heterocycles. The molecule has 0 spiro atoms. The number of benzene rings is 3. The molecule has 1 aliphatic rings. The van der Waals surface area contributed by atoms with Crippen LogP contribution in [0.1, 0.15) is 24.0 Å².